The summed E-state index contributed by atoms with van der Waals surface area (Å²) in [6.07, 6.45) is -2.96. The molecule has 17 nitrogen and oxygen atoms in total. The molecule has 3 unspecified atom stereocenters. The van der Waals surface area contributed by atoms with E-state index in [1.807, 2.05) is 0 Å². The molecule has 3 atom stereocenters. The van der Waals surface area contributed by atoms with E-state index in [1.54, 1.807) is 6.20 Å². The van der Waals surface area contributed by atoms with Crippen LogP contribution in [0.2, 0.25) is 0 Å². The van der Waals surface area contributed by atoms with Crippen molar-refractivity contribution in [1.29, 1.82) is 0 Å². The van der Waals surface area contributed by atoms with Gasteiger partial charge in [-0.1, -0.05) is 5.21 Å². The van der Waals surface area contributed by atoms with Crippen molar-refractivity contribution in [3.63, 3.8) is 0 Å². The van der Waals surface area contributed by atoms with Crippen LogP contribution in [0.15, 0.2) is 42.6 Å². The molecule has 0 fully saturated rings. The lowest BCUT2D eigenvalue weighted by Crippen LogP contribution is -2.39. The number of carbonyl (C=O) groups excluding carboxylic acids is 1. The fraction of sp³-hybridized carbons (Fsp3) is 0.323. The first-order valence-corrected chi connectivity index (χ1v) is 14.7. The average Bonchev–Trinajstić information content (AvgIpc) is 3.51. The number of hydrogen-bond donors (Lipinski definition) is 8. The van der Waals surface area contributed by atoms with Gasteiger partial charge in [0, 0.05) is 24.2 Å². The van der Waals surface area contributed by atoms with E-state index in [-0.39, 0.29) is 23.5 Å². The maximum atomic E-state index is 14.2. The predicted octanol–water partition coefficient (Wildman–Crippen LogP) is 1.97. The van der Waals surface area contributed by atoms with Gasteiger partial charge >= 0.3 is 5.97 Å². The summed E-state index contributed by atoms with van der Waals surface area (Å²) < 4.78 is 44.4. The zero-order valence-corrected chi connectivity index (χ0v) is 25.6. The van der Waals surface area contributed by atoms with Crippen LogP contribution in [0.4, 0.5) is 4.39 Å². The lowest BCUT2D eigenvalue weighted by Gasteiger charge is -2.39. The monoisotopic (exact) mass is 688 g/mol. The second kappa shape index (κ2) is 15.1. The summed E-state index contributed by atoms with van der Waals surface area (Å²) in [7, 11) is 0. The molecule has 4 aromatic rings. The minimum absolute atomic E-state index is 0.0632. The Bertz CT molecular complexity index is 1760. The van der Waals surface area contributed by atoms with E-state index in [0.29, 0.717) is 51.3 Å². The number of fused-ring (bicyclic) bond motifs is 1. The molecule has 9 N–H and O–H groups in total. The Morgan fingerprint density at radius 2 is 1.57 bits per heavy atom. The van der Waals surface area contributed by atoms with Crippen LogP contribution < -0.4 is 10.5 Å². The molecule has 0 saturated carbocycles. The molecule has 262 valence electrons. The smallest absolute Gasteiger partial charge is 0.338 e. The van der Waals surface area contributed by atoms with Crippen molar-refractivity contribution in [2.45, 2.75) is 31.5 Å². The minimum Gasteiger partial charge on any atom is -0.508 e. The molecule has 5 rings (SSSR count). The van der Waals surface area contributed by atoms with E-state index in [2.05, 4.69) is 10.3 Å². The van der Waals surface area contributed by atoms with Gasteiger partial charge in [-0.25, -0.2) is 13.9 Å². The summed E-state index contributed by atoms with van der Waals surface area (Å²) in [5.74, 6) is -8.06. The number of nitrogens with two attached hydrogens (primary N) is 1. The number of phenols is 7. The number of aromatic nitrogens is 3. The Kier molecular flexibility index (Phi) is 10.7. The van der Waals surface area contributed by atoms with Crippen LogP contribution >= 0.6 is 0 Å². The Morgan fingerprint density at radius 1 is 0.878 bits per heavy atom. The Balaban J connectivity index is 1.46. The van der Waals surface area contributed by atoms with Gasteiger partial charge in [-0.3, -0.25) is 0 Å². The second-order valence-electron chi connectivity index (χ2n) is 10.7. The fourth-order valence-electron chi connectivity index (χ4n) is 5.00. The van der Waals surface area contributed by atoms with E-state index in [0.717, 1.165) is 30.3 Å². The third kappa shape index (κ3) is 7.95. The number of carbonyl (C=O) groups is 1. The highest BCUT2D eigenvalue weighted by Gasteiger charge is 2.45. The number of nitrogens with zero attached hydrogens (tertiary/aromatic N) is 3. The van der Waals surface area contributed by atoms with E-state index in [9.17, 15) is 44.9 Å². The van der Waals surface area contributed by atoms with Crippen LogP contribution in [0.1, 0.15) is 39.4 Å². The van der Waals surface area contributed by atoms with E-state index in [4.69, 9.17) is 29.4 Å². The van der Waals surface area contributed by atoms with Crippen molar-refractivity contribution in [2.24, 2.45) is 5.73 Å². The van der Waals surface area contributed by atoms with Gasteiger partial charge in [0.25, 0.3) is 0 Å². The number of halogens is 1. The fourth-order valence-corrected chi connectivity index (χ4v) is 5.00. The zero-order valence-electron chi connectivity index (χ0n) is 25.6. The molecule has 1 aromatic heterocycles. The number of hydrogen-bond acceptors (Lipinski definition) is 16. The summed E-state index contributed by atoms with van der Waals surface area (Å²) in [5.41, 5.74) is 4.99. The molecule has 0 aliphatic carbocycles. The molecule has 3 aromatic carbocycles. The molecule has 0 spiro atoms. The largest absolute Gasteiger partial charge is 0.508 e. The number of esters is 1. The Morgan fingerprint density at radius 3 is 2.27 bits per heavy atom. The summed E-state index contributed by atoms with van der Waals surface area (Å²) in [6, 6.07) is 5.52. The van der Waals surface area contributed by atoms with Crippen LogP contribution in [0.3, 0.4) is 0 Å². The summed E-state index contributed by atoms with van der Waals surface area (Å²) >= 11 is 0. The maximum absolute atomic E-state index is 14.2. The minimum atomic E-state index is -1.61. The van der Waals surface area contributed by atoms with Crippen molar-refractivity contribution in [1.82, 2.24) is 15.0 Å². The zero-order chi connectivity index (χ0) is 35.2. The van der Waals surface area contributed by atoms with Crippen LogP contribution in [-0.2, 0) is 32.1 Å². The third-order valence-corrected chi connectivity index (χ3v) is 7.28. The van der Waals surface area contributed by atoms with Gasteiger partial charge < -0.3 is 65.2 Å². The maximum Gasteiger partial charge on any atom is 0.338 e. The van der Waals surface area contributed by atoms with Gasteiger partial charge in [0.15, 0.2) is 46.8 Å². The molecule has 0 saturated heterocycles. The normalized spacial score (nSPS) is 17.0. The summed E-state index contributed by atoms with van der Waals surface area (Å²) in [5, 5.41) is 79.2. The lowest BCUT2D eigenvalue weighted by molar-refractivity contribution is -0.116. The molecule has 2 heterocycles. The van der Waals surface area contributed by atoms with Crippen molar-refractivity contribution in [3.8, 4) is 46.0 Å². The SMILES string of the molecule is NCCOCCOCCn1cc(COC2c3c(O)cc(O)cc3OC(c3cc(O)c(O)c(O)c3)C2OC(=O)c2cc(O)c(O)c(F)c2)nn1. The van der Waals surface area contributed by atoms with Crippen LogP contribution in [0.5, 0.6) is 46.0 Å². The number of ether oxygens (including phenoxy) is 5. The van der Waals surface area contributed by atoms with Crippen molar-refractivity contribution in [2.75, 3.05) is 33.0 Å². The highest BCUT2D eigenvalue weighted by Crippen LogP contribution is 2.51. The van der Waals surface area contributed by atoms with Crippen LogP contribution in [0, 0.1) is 5.82 Å². The van der Waals surface area contributed by atoms with Crippen molar-refractivity contribution in [3.05, 3.63) is 70.8 Å². The van der Waals surface area contributed by atoms with Gasteiger partial charge in [-0.2, -0.15) is 0 Å². The first-order valence-electron chi connectivity index (χ1n) is 14.7. The molecule has 49 heavy (non-hydrogen) atoms. The van der Waals surface area contributed by atoms with Crippen LogP contribution in [0.25, 0.3) is 0 Å². The van der Waals surface area contributed by atoms with Crippen LogP contribution in [-0.4, -0.2) is 95.8 Å². The highest BCUT2D eigenvalue weighted by molar-refractivity contribution is 5.90. The van der Waals surface area contributed by atoms with E-state index < -0.39 is 75.9 Å². The predicted molar refractivity (Wildman–Crippen MR) is 162 cm³/mol. The number of phenolic OH excluding ortho intramolecular Hbond substituents is 7. The number of aromatic hydroxyl groups is 7. The molecule has 18 heteroatoms. The third-order valence-electron chi connectivity index (χ3n) is 7.28. The molecule has 1 aliphatic heterocycles. The van der Waals surface area contributed by atoms with Gasteiger partial charge in [-0.05, 0) is 24.3 Å². The Labute approximate surface area is 276 Å². The number of rotatable bonds is 14. The molecule has 0 bridgehead atoms. The first-order chi connectivity index (χ1) is 23.5. The van der Waals surface area contributed by atoms with Crippen molar-refractivity contribution < 1.29 is 68.6 Å². The summed E-state index contributed by atoms with van der Waals surface area (Å²) in [4.78, 5) is 13.4. The topological polar surface area (TPSA) is 262 Å². The van der Waals surface area contributed by atoms with E-state index >= 15 is 0 Å². The molecule has 1 aliphatic rings. The highest BCUT2D eigenvalue weighted by atomic mass is 19.1. The first kappa shape index (κ1) is 34.8. The molecule has 0 amide bonds. The molecular formula is C31H33FN4O13. The number of benzene rings is 3. The molecule has 0 radical (unpaired) electrons. The van der Waals surface area contributed by atoms with Gasteiger partial charge in [0.2, 0.25) is 0 Å². The standard InChI is InChI=1S/C31H33FN4O13/c32-19-7-16(10-21(39)26(19)42)31(44)49-30-28(15-8-22(40)27(43)23(41)9-15)48-24-12-18(37)11-20(38)25(24)29(30)47-14-17-13-36(35-34-17)2-4-46-6-5-45-3-1-33/h7-13,28-30,37-43H,1-6,14,33H2. The lowest BCUT2D eigenvalue weighted by atomic mass is 9.90. The van der Waals surface area contributed by atoms with Gasteiger partial charge in [0.1, 0.15) is 29.0 Å². The summed E-state index contributed by atoms with van der Waals surface area (Å²) in [6.45, 7) is 1.88. The quantitative estimate of drug-likeness (QED) is 0.0535. The van der Waals surface area contributed by atoms with E-state index in [1.165, 1.54) is 4.68 Å². The Hall–Kier alpha value is -5.56. The second-order valence-corrected chi connectivity index (χ2v) is 10.7. The molecular weight excluding hydrogens is 655 g/mol. The average molecular weight is 689 g/mol. The van der Waals surface area contributed by atoms with Crippen molar-refractivity contribution >= 4 is 5.97 Å². The van der Waals surface area contributed by atoms with Gasteiger partial charge in [0.05, 0.1) is 56.9 Å². The van der Waals surface area contributed by atoms with Gasteiger partial charge in [-0.15, -0.1) is 5.10 Å².